The molecule has 2 unspecified atom stereocenters. The summed E-state index contributed by atoms with van der Waals surface area (Å²) >= 11 is 0. The molecule has 1 N–H and O–H groups in total. The largest absolute Gasteiger partial charge is 0.494 e. The quantitative estimate of drug-likeness (QED) is 0.932. The van der Waals surface area contributed by atoms with Crippen molar-refractivity contribution in [3.05, 3.63) is 29.6 Å². The number of rotatable bonds is 3. The third-order valence-corrected chi connectivity index (χ3v) is 4.17. The van der Waals surface area contributed by atoms with Gasteiger partial charge in [-0.2, -0.15) is 0 Å². The molecular formula is C16H23FN2O2. The Morgan fingerprint density at radius 1 is 1.43 bits per heavy atom. The van der Waals surface area contributed by atoms with Crippen LogP contribution in [0, 0.1) is 11.2 Å². The average molecular weight is 294 g/mol. The van der Waals surface area contributed by atoms with Crippen molar-refractivity contribution in [1.29, 1.82) is 0 Å². The molecule has 1 saturated heterocycles. The number of amides is 1. The number of nitrogens with zero attached hydrogens (tertiary/aromatic N) is 1. The van der Waals surface area contributed by atoms with Crippen LogP contribution in [0.15, 0.2) is 18.2 Å². The molecule has 1 aromatic carbocycles. The monoisotopic (exact) mass is 294 g/mol. The van der Waals surface area contributed by atoms with E-state index in [0.29, 0.717) is 0 Å². The fraction of sp³-hybridized carbons (Fsp3) is 0.562. The summed E-state index contributed by atoms with van der Waals surface area (Å²) in [5.41, 5.74) is 0.681. The van der Waals surface area contributed by atoms with Gasteiger partial charge in [0, 0.05) is 6.04 Å². The number of nitrogens with one attached hydrogen (secondary N) is 1. The number of methoxy groups -OCH3 is 1. The van der Waals surface area contributed by atoms with E-state index in [9.17, 15) is 9.18 Å². The Balaban J connectivity index is 2.34. The van der Waals surface area contributed by atoms with E-state index in [2.05, 4.69) is 26.1 Å². The maximum absolute atomic E-state index is 13.9. The van der Waals surface area contributed by atoms with Crippen LogP contribution >= 0.6 is 0 Å². The smallest absolute Gasteiger partial charge is 0.238 e. The van der Waals surface area contributed by atoms with Gasteiger partial charge in [-0.05, 0) is 30.0 Å². The lowest BCUT2D eigenvalue weighted by molar-refractivity contribution is -0.132. The SMILES string of the molecule is COc1ccc(C2NCC(=O)N2C(C)C(C)(C)C)cc1F. The molecule has 0 radical (unpaired) electrons. The van der Waals surface area contributed by atoms with Crippen molar-refractivity contribution >= 4 is 5.91 Å². The summed E-state index contributed by atoms with van der Waals surface area (Å²) in [6.07, 6.45) is -0.299. The van der Waals surface area contributed by atoms with Gasteiger partial charge in [0.1, 0.15) is 6.17 Å². The highest BCUT2D eigenvalue weighted by Crippen LogP contribution is 2.33. The Morgan fingerprint density at radius 2 is 2.10 bits per heavy atom. The van der Waals surface area contributed by atoms with Gasteiger partial charge in [0.25, 0.3) is 0 Å². The average Bonchev–Trinajstić information content (AvgIpc) is 2.78. The predicted octanol–water partition coefficient (Wildman–Crippen LogP) is 2.70. The maximum atomic E-state index is 13.9. The lowest BCUT2D eigenvalue weighted by atomic mass is 9.86. The summed E-state index contributed by atoms with van der Waals surface area (Å²) in [4.78, 5) is 14.0. The summed E-state index contributed by atoms with van der Waals surface area (Å²) in [6.45, 7) is 8.58. The van der Waals surface area contributed by atoms with Gasteiger partial charge in [-0.25, -0.2) is 4.39 Å². The molecule has 1 heterocycles. The molecule has 1 aliphatic rings. The number of carbonyl (C=O) groups excluding carboxylic acids is 1. The first-order valence-corrected chi connectivity index (χ1v) is 7.13. The van der Waals surface area contributed by atoms with Crippen LogP contribution in [-0.4, -0.2) is 30.5 Å². The highest BCUT2D eigenvalue weighted by molar-refractivity contribution is 5.81. The number of ether oxygens (including phenoxy) is 1. The number of halogens is 1. The van der Waals surface area contributed by atoms with Crippen LogP contribution in [0.4, 0.5) is 4.39 Å². The van der Waals surface area contributed by atoms with Gasteiger partial charge in [-0.15, -0.1) is 0 Å². The van der Waals surface area contributed by atoms with Crippen LogP contribution in [0.3, 0.4) is 0 Å². The minimum atomic E-state index is -0.417. The molecule has 1 aliphatic heterocycles. The lowest BCUT2D eigenvalue weighted by Gasteiger charge is -2.38. The van der Waals surface area contributed by atoms with E-state index in [4.69, 9.17) is 4.74 Å². The van der Waals surface area contributed by atoms with Gasteiger partial charge < -0.3 is 9.64 Å². The van der Waals surface area contributed by atoms with Crippen molar-refractivity contribution in [2.75, 3.05) is 13.7 Å². The molecule has 0 bridgehead atoms. The van der Waals surface area contributed by atoms with Crippen LogP contribution < -0.4 is 10.1 Å². The highest BCUT2D eigenvalue weighted by Gasteiger charge is 2.39. The molecule has 4 nitrogen and oxygen atoms in total. The van der Waals surface area contributed by atoms with E-state index in [1.807, 2.05) is 6.92 Å². The Bertz CT molecular complexity index is 540. The van der Waals surface area contributed by atoms with Crippen molar-refractivity contribution in [3.8, 4) is 5.75 Å². The molecule has 5 heteroatoms. The van der Waals surface area contributed by atoms with Crippen LogP contribution in [0.1, 0.15) is 39.4 Å². The van der Waals surface area contributed by atoms with Gasteiger partial charge in [0.15, 0.2) is 11.6 Å². The molecular weight excluding hydrogens is 271 g/mol. The van der Waals surface area contributed by atoms with Crippen molar-refractivity contribution in [2.24, 2.45) is 5.41 Å². The summed E-state index contributed by atoms with van der Waals surface area (Å²) < 4.78 is 18.8. The number of hydrogen-bond donors (Lipinski definition) is 1. The van der Waals surface area contributed by atoms with Crippen LogP contribution in [0.25, 0.3) is 0 Å². The lowest BCUT2D eigenvalue weighted by Crippen LogP contribution is -2.45. The first-order valence-electron chi connectivity index (χ1n) is 7.13. The van der Waals surface area contributed by atoms with Gasteiger partial charge >= 0.3 is 0 Å². The van der Waals surface area contributed by atoms with Crippen LogP contribution in [-0.2, 0) is 4.79 Å². The highest BCUT2D eigenvalue weighted by atomic mass is 19.1. The first-order chi connectivity index (χ1) is 9.75. The molecule has 116 valence electrons. The zero-order valence-electron chi connectivity index (χ0n) is 13.2. The summed E-state index contributed by atoms with van der Waals surface area (Å²) in [6, 6.07) is 4.85. The molecule has 1 aromatic rings. The second kappa shape index (κ2) is 5.64. The van der Waals surface area contributed by atoms with E-state index in [1.54, 1.807) is 17.0 Å². The van der Waals surface area contributed by atoms with E-state index in [-0.39, 0.29) is 35.8 Å². The van der Waals surface area contributed by atoms with E-state index >= 15 is 0 Å². The zero-order chi connectivity index (χ0) is 15.8. The minimum absolute atomic E-state index is 0.0372. The molecule has 21 heavy (non-hydrogen) atoms. The van der Waals surface area contributed by atoms with Crippen molar-refractivity contribution in [1.82, 2.24) is 10.2 Å². The maximum Gasteiger partial charge on any atom is 0.238 e. The normalized spacial score (nSPS) is 20.8. The third kappa shape index (κ3) is 3.02. The summed E-state index contributed by atoms with van der Waals surface area (Å²) in [7, 11) is 1.43. The van der Waals surface area contributed by atoms with E-state index in [0.717, 1.165) is 5.56 Å². The molecule has 1 fully saturated rings. The molecule has 0 saturated carbocycles. The number of hydrogen-bond acceptors (Lipinski definition) is 3. The van der Waals surface area contributed by atoms with Crippen molar-refractivity contribution in [3.63, 3.8) is 0 Å². The van der Waals surface area contributed by atoms with Crippen molar-refractivity contribution in [2.45, 2.75) is 39.9 Å². The summed E-state index contributed by atoms with van der Waals surface area (Å²) in [5.74, 6) is -0.170. The Labute approximate surface area is 125 Å². The third-order valence-electron chi connectivity index (χ3n) is 4.17. The minimum Gasteiger partial charge on any atom is -0.494 e. The number of benzene rings is 1. The second-order valence-electron chi connectivity index (χ2n) is 6.52. The Kier molecular flexibility index (Phi) is 4.23. The molecule has 0 spiro atoms. The van der Waals surface area contributed by atoms with Gasteiger partial charge in [-0.3, -0.25) is 10.1 Å². The van der Waals surface area contributed by atoms with E-state index in [1.165, 1.54) is 13.2 Å². The molecule has 2 rings (SSSR count). The fourth-order valence-electron chi connectivity index (χ4n) is 2.51. The predicted molar refractivity (Wildman–Crippen MR) is 79.5 cm³/mol. The van der Waals surface area contributed by atoms with E-state index < -0.39 is 5.82 Å². The first kappa shape index (κ1) is 15.8. The summed E-state index contributed by atoms with van der Waals surface area (Å²) in [5, 5.41) is 3.16. The number of carbonyl (C=O) groups is 1. The van der Waals surface area contributed by atoms with Gasteiger partial charge in [-0.1, -0.05) is 26.8 Å². The second-order valence-corrected chi connectivity index (χ2v) is 6.52. The molecule has 0 aromatic heterocycles. The van der Waals surface area contributed by atoms with Crippen molar-refractivity contribution < 1.29 is 13.9 Å². The van der Waals surface area contributed by atoms with Gasteiger partial charge in [0.2, 0.25) is 5.91 Å². The Hall–Kier alpha value is -1.62. The van der Waals surface area contributed by atoms with Gasteiger partial charge in [0.05, 0.1) is 13.7 Å². The topological polar surface area (TPSA) is 41.6 Å². The zero-order valence-corrected chi connectivity index (χ0v) is 13.2. The standard InChI is InChI=1S/C16H23FN2O2/c1-10(16(2,3)4)19-14(20)9-18-15(19)11-6-7-13(21-5)12(17)8-11/h6-8,10,15,18H,9H2,1-5H3. The molecule has 2 atom stereocenters. The van der Waals surface area contributed by atoms with Crippen LogP contribution in [0.5, 0.6) is 5.75 Å². The fourth-order valence-corrected chi connectivity index (χ4v) is 2.51. The van der Waals surface area contributed by atoms with Crippen LogP contribution in [0.2, 0.25) is 0 Å². The molecule has 0 aliphatic carbocycles. The molecule has 1 amide bonds. The Morgan fingerprint density at radius 3 is 2.62 bits per heavy atom.